The number of rotatable bonds is 5. The normalized spacial score (nSPS) is 20.8. The van der Waals surface area contributed by atoms with E-state index in [1.54, 1.807) is 24.3 Å². The third kappa shape index (κ3) is 3.05. The molecule has 0 amide bonds. The summed E-state index contributed by atoms with van der Waals surface area (Å²) in [5.74, 6) is 0.0742. The fourth-order valence-electron chi connectivity index (χ4n) is 3.25. The third-order valence-corrected chi connectivity index (χ3v) is 6.42. The lowest BCUT2D eigenvalue weighted by Gasteiger charge is -2.24. The van der Waals surface area contributed by atoms with Gasteiger partial charge in [0.05, 0.1) is 12.0 Å². The Hall–Kier alpha value is -2.49. The molecule has 1 aliphatic rings. The zero-order chi connectivity index (χ0) is 18.9. The summed E-state index contributed by atoms with van der Waals surface area (Å²) in [6.07, 6.45) is -0.961. The molecule has 0 radical (unpaired) electrons. The minimum Gasteiger partial charge on any atom is -0.496 e. The van der Waals surface area contributed by atoms with E-state index in [4.69, 9.17) is 4.74 Å². The Morgan fingerprint density at radius 2 is 1.85 bits per heavy atom. The number of aliphatic hydroxyl groups is 1. The van der Waals surface area contributed by atoms with Crippen LogP contribution in [0, 0.1) is 10.1 Å². The molecule has 1 saturated heterocycles. The molecule has 8 nitrogen and oxygen atoms in total. The fraction of sp³-hybridized carbons (Fsp3) is 0.294. The summed E-state index contributed by atoms with van der Waals surface area (Å²) in [6.45, 7) is 0.0538. The molecule has 2 aromatic rings. The number of methoxy groups -OCH3 is 1. The maximum absolute atomic E-state index is 12.9. The second kappa shape index (κ2) is 7.02. The summed E-state index contributed by atoms with van der Waals surface area (Å²) in [6, 6.07) is 12.2. The van der Waals surface area contributed by atoms with E-state index in [0.717, 1.165) is 10.4 Å². The summed E-state index contributed by atoms with van der Waals surface area (Å²) in [5.41, 5.74) is 0.184. The molecule has 0 bridgehead atoms. The number of hydrogen-bond acceptors (Lipinski definition) is 6. The van der Waals surface area contributed by atoms with Crippen LogP contribution in [0.3, 0.4) is 0 Å². The van der Waals surface area contributed by atoms with E-state index < -0.39 is 37.7 Å². The SMILES string of the molecule is COc1ccccc1C1CCN(S(=O)(=O)c2ccccc2[N+](=O)[O-])C1O. The number of para-hydroxylation sites is 2. The van der Waals surface area contributed by atoms with Crippen molar-refractivity contribution < 1.29 is 23.2 Å². The van der Waals surface area contributed by atoms with Gasteiger partial charge in [-0.1, -0.05) is 30.3 Å². The monoisotopic (exact) mass is 378 g/mol. The Bertz CT molecular complexity index is 930. The maximum Gasteiger partial charge on any atom is 0.289 e. The Balaban J connectivity index is 1.98. The van der Waals surface area contributed by atoms with Crippen molar-refractivity contribution in [2.24, 2.45) is 0 Å². The Morgan fingerprint density at radius 1 is 1.19 bits per heavy atom. The standard InChI is InChI=1S/C17H18N2O6S/c1-25-15-8-4-2-6-12(15)13-10-11-18(17(13)20)26(23,24)16-9-5-3-7-14(16)19(21)22/h2-9,13,17,20H,10-11H2,1H3. The highest BCUT2D eigenvalue weighted by molar-refractivity contribution is 7.89. The number of sulfonamides is 1. The topological polar surface area (TPSA) is 110 Å². The van der Waals surface area contributed by atoms with Crippen molar-refractivity contribution >= 4 is 15.7 Å². The van der Waals surface area contributed by atoms with Gasteiger partial charge in [0.2, 0.25) is 0 Å². The van der Waals surface area contributed by atoms with Gasteiger partial charge in [-0.3, -0.25) is 10.1 Å². The first kappa shape index (κ1) is 18.3. The lowest BCUT2D eigenvalue weighted by molar-refractivity contribution is -0.387. The van der Waals surface area contributed by atoms with Crippen molar-refractivity contribution in [3.8, 4) is 5.75 Å². The summed E-state index contributed by atoms with van der Waals surface area (Å²) < 4.78 is 32.1. The molecular weight excluding hydrogens is 360 g/mol. The molecule has 2 unspecified atom stereocenters. The molecule has 0 aromatic heterocycles. The molecule has 1 fully saturated rings. The van der Waals surface area contributed by atoms with Gasteiger partial charge in [-0.2, -0.15) is 4.31 Å². The quantitative estimate of drug-likeness (QED) is 0.630. The third-order valence-electron chi connectivity index (χ3n) is 4.50. The summed E-state index contributed by atoms with van der Waals surface area (Å²) in [5, 5.41) is 21.8. The zero-order valence-corrected chi connectivity index (χ0v) is 14.8. The van der Waals surface area contributed by atoms with E-state index in [2.05, 4.69) is 0 Å². The van der Waals surface area contributed by atoms with Crippen LogP contribution < -0.4 is 4.74 Å². The first-order valence-electron chi connectivity index (χ1n) is 7.94. The van der Waals surface area contributed by atoms with Gasteiger partial charge in [0, 0.05) is 24.1 Å². The molecule has 0 spiro atoms. The molecule has 2 aromatic carbocycles. The molecule has 9 heteroatoms. The van der Waals surface area contributed by atoms with E-state index in [1.165, 1.54) is 25.3 Å². The summed E-state index contributed by atoms with van der Waals surface area (Å²) in [7, 11) is -2.72. The molecule has 3 rings (SSSR count). The van der Waals surface area contributed by atoms with Crippen LogP contribution in [0.4, 0.5) is 5.69 Å². The highest BCUT2D eigenvalue weighted by atomic mass is 32.2. The van der Waals surface area contributed by atoms with E-state index in [9.17, 15) is 23.6 Å². The van der Waals surface area contributed by atoms with Gasteiger partial charge >= 0.3 is 0 Å². The van der Waals surface area contributed by atoms with Gasteiger partial charge in [-0.15, -0.1) is 0 Å². The molecular formula is C17H18N2O6S. The van der Waals surface area contributed by atoms with Gasteiger partial charge in [-0.05, 0) is 18.6 Å². The van der Waals surface area contributed by atoms with Gasteiger partial charge in [-0.25, -0.2) is 8.42 Å². The summed E-state index contributed by atoms with van der Waals surface area (Å²) in [4.78, 5) is 10.0. The fourth-order valence-corrected chi connectivity index (χ4v) is 4.94. The van der Waals surface area contributed by atoms with E-state index in [1.807, 2.05) is 0 Å². The van der Waals surface area contributed by atoms with Crippen LogP contribution in [-0.4, -0.2) is 42.6 Å². The van der Waals surface area contributed by atoms with Crippen LogP contribution >= 0.6 is 0 Å². The Kier molecular flexibility index (Phi) is 4.94. The van der Waals surface area contributed by atoms with Crippen molar-refractivity contribution in [3.63, 3.8) is 0 Å². The van der Waals surface area contributed by atoms with Crippen molar-refractivity contribution in [2.75, 3.05) is 13.7 Å². The van der Waals surface area contributed by atoms with Crippen LogP contribution in [0.25, 0.3) is 0 Å². The minimum atomic E-state index is -4.22. The molecule has 138 valence electrons. The highest BCUT2D eigenvalue weighted by Crippen LogP contribution is 2.40. The van der Waals surface area contributed by atoms with Gasteiger partial charge < -0.3 is 9.84 Å². The molecule has 0 saturated carbocycles. The second-order valence-corrected chi connectivity index (χ2v) is 7.75. The lowest BCUT2D eigenvalue weighted by Crippen LogP contribution is -2.37. The van der Waals surface area contributed by atoms with Gasteiger partial charge in [0.25, 0.3) is 15.7 Å². The summed E-state index contributed by atoms with van der Waals surface area (Å²) >= 11 is 0. The molecule has 1 N–H and O–H groups in total. The Labute approximate surface area is 150 Å². The maximum atomic E-state index is 12.9. The number of benzene rings is 2. The van der Waals surface area contributed by atoms with Crippen molar-refractivity contribution in [1.82, 2.24) is 4.31 Å². The molecule has 0 aliphatic carbocycles. The van der Waals surface area contributed by atoms with Crippen LogP contribution in [-0.2, 0) is 10.0 Å². The zero-order valence-electron chi connectivity index (χ0n) is 14.0. The van der Waals surface area contributed by atoms with Crippen molar-refractivity contribution in [1.29, 1.82) is 0 Å². The van der Waals surface area contributed by atoms with Crippen molar-refractivity contribution in [3.05, 3.63) is 64.2 Å². The average Bonchev–Trinajstić information content (AvgIpc) is 3.03. The lowest BCUT2D eigenvalue weighted by atomic mass is 9.96. The molecule has 26 heavy (non-hydrogen) atoms. The Morgan fingerprint density at radius 3 is 2.54 bits per heavy atom. The van der Waals surface area contributed by atoms with Crippen LogP contribution in [0.2, 0.25) is 0 Å². The molecule has 1 aliphatic heterocycles. The van der Waals surface area contributed by atoms with Crippen molar-refractivity contribution in [2.45, 2.75) is 23.5 Å². The first-order valence-corrected chi connectivity index (χ1v) is 9.38. The molecule has 1 heterocycles. The minimum absolute atomic E-state index is 0.0538. The van der Waals surface area contributed by atoms with Crippen LogP contribution in [0.15, 0.2) is 53.4 Å². The number of nitro groups is 1. The van der Waals surface area contributed by atoms with Crippen LogP contribution in [0.5, 0.6) is 5.75 Å². The van der Waals surface area contributed by atoms with Crippen LogP contribution in [0.1, 0.15) is 17.9 Å². The first-order chi connectivity index (χ1) is 12.4. The van der Waals surface area contributed by atoms with E-state index in [-0.39, 0.29) is 6.54 Å². The number of nitrogens with zero attached hydrogens (tertiary/aromatic N) is 2. The van der Waals surface area contributed by atoms with Gasteiger partial charge in [0.1, 0.15) is 12.0 Å². The second-order valence-electron chi connectivity index (χ2n) is 5.89. The average molecular weight is 378 g/mol. The number of aliphatic hydroxyl groups excluding tert-OH is 1. The highest BCUT2D eigenvalue weighted by Gasteiger charge is 2.44. The van der Waals surface area contributed by atoms with Gasteiger partial charge in [0.15, 0.2) is 4.90 Å². The number of hydrogen-bond donors (Lipinski definition) is 1. The number of nitro benzene ring substituents is 1. The van der Waals surface area contributed by atoms with E-state index >= 15 is 0 Å². The smallest absolute Gasteiger partial charge is 0.289 e. The predicted molar refractivity (Wildman–Crippen MR) is 93.3 cm³/mol. The molecule has 2 atom stereocenters. The van der Waals surface area contributed by atoms with E-state index in [0.29, 0.717) is 17.7 Å². The predicted octanol–water partition coefficient (Wildman–Crippen LogP) is 2.10. The number of ether oxygens (including phenoxy) is 1. The largest absolute Gasteiger partial charge is 0.496 e.